The standard InChI is InChI=1S/C18H29NO/c1-4-5-6-7-8-9-16-10-12-17(13-11-16)18(20)14-15-19(2)3/h10-13H,4-9,14-15H2,1-3H3. The SMILES string of the molecule is CCCCCCCc1ccc(C(=O)CCN(C)C)cc1. The highest BCUT2D eigenvalue weighted by molar-refractivity contribution is 5.96. The fourth-order valence-corrected chi connectivity index (χ4v) is 2.26. The van der Waals surface area contributed by atoms with Crippen molar-refractivity contribution >= 4 is 5.78 Å². The van der Waals surface area contributed by atoms with Crippen molar-refractivity contribution in [1.29, 1.82) is 0 Å². The normalized spacial score (nSPS) is 11.0. The average molecular weight is 275 g/mol. The minimum Gasteiger partial charge on any atom is -0.309 e. The fraction of sp³-hybridized carbons (Fsp3) is 0.611. The number of hydrogen-bond acceptors (Lipinski definition) is 2. The van der Waals surface area contributed by atoms with Crippen LogP contribution in [0.3, 0.4) is 0 Å². The molecular formula is C18H29NO. The van der Waals surface area contributed by atoms with E-state index < -0.39 is 0 Å². The maximum atomic E-state index is 12.0. The van der Waals surface area contributed by atoms with Crippen molar-refractivity contribution in [1.82, 2.24) is 4.90 Å². The van der Waals surface area contributed by atoms with Gasteiger partial charge in [0.05, 0.1) is 0 Å². The number of Topliss-reactive ketones (excluding diaryl/α,β-unsaturated/α-hetero) is 1. The molecule has 2 heteroatoms. The molecule has 0 fully saturated rings. The minimum absolute atomic E-state index is 0.244. The molecule has 0 aliphatic heterocycles. The van der Waals surface area contributed by atoms with Crippen LogP contribution in [0.15, 0.2) is 24.3 Å². The first-order chi connectivity index (χ1) is 9.63. The van der Waals surface area contributed by atoms with Gasteiger partial charge in [0, 0.05) is 18.5 Å². The van der Waals surface area contributed by atoms with Gasteiger partial charge in [-0.1, -0.05) is 56.9 Å². The number of aryl methyl sites for hydroxylation is 1. The fourth-order valence-electron chi connectivity index (χ4n) is 2.26. The Balaban J connectivity index is 2.34. The Morgan fingerprint density at radius 3 is 2.25 bits per heavy atom. The summed E-state index contributed by atoms with van der Waals surface area (Å²) in [6.45, 7) is 3.06. The molecule has 0 saturated carbocycles. The van der Waals surface area contributed by atoms with Crippen molar-refractivity contribution in [2.24, 2.45) is 0 Å². The highest BCUT2D eigenvalue weighted by Crippen LogP contribution is 2.11. The summed E-state index contributed by atoms with van der Waals surface area (Å²) in [5.41, 5.74) is 2.20. The van der Waals surface area contributed by atoms with Crippen molar-refractivity contribution in [3.63, 3.8) is 0 Å². The molecule has 0 unspecified atom stereocenters. The molecule has 0 radical (unpaired) electrons. The molecule has 0 aromatic heterocycles. The lowest BCUT2D eigenvalue weighted by Crippen LogP contribution is -2.16. The minimum atomic E-state index is 0.244. The third-order valence-electron chi connectivity index (χ3n) is 3.63. The summed E-state index contributed by atoms with van der Waals surface area (Å²) in [5.74, 6) is 0.244. The first kappa shape index (κ1) is 16.9. The van der Waals surface area contributed by atoms with Crippen molar-refractivity contribution in [2.75, 3.05) is 20.6 Å². The molecule has 0 amide bonds. The monoisotopic (exact) mass is 275 g/mol. The Kier molecular flexibility index (Phi) is 8.20. The molecule has 0 atom stereocenters. The molecule has 0 spiro atoms. The third kappa shape index (κ3) is 6.85. The van der Waals surface area contributed by atoms with E-state index in [0.717, 1.165) is 18.5 Å². The predicted molar refractivity (Wildman–Crippen MR) is 86.4 cm³/mol. The summed E-state index contributed by atoms with van der Waals surface area (Å²) in [4.78, 5) is 14.0. The van der Waals surface area contributed by atoms with Gasteiger partial charge < -0.3 is 4.90 Å². The van der Waals surface area contributed by atoms with Crippen LogP contribution in [-0.4, -0.2) is 31.3 Å². The number of carbonyl (C=O) groups is 1. The Hall–Kier alpha value is -1.15. The largest absolute Gasteiger partial charge is 0.309 e. The number of ketones is 1. The first-order valence-corrected chi connectivity index (χ1v) is 7.90. The molecule has 0 bridgehead atoms. The van der Waals surface area contributed by atoms with Gasteiger partial charge in [0.2, 0.25) is 0 Å². The van der Waals surface area contributed by atoms with Gasteiger partial charge in [0.25, 0.3) is 0 Å². The molecule has 2 nitrogen and oxygen atoms in total. The van der Waals surface area contributed by atoms with Gasteiger partial charge in [-0.15, -0.1) is 0 Å². The predicted octanol–water partition coefficient (Wildman–Crippen LogP) is 4.33. The van der Waals surface area contributed by atoms with Gasteiger partial charge in [-0.2, -0.15) is 0 Å². The Morgan fingerprint density at radius 2 is 1.65 bits per heavy atom. The third-order valence-corrected chi connectivity index (χ3v) is 3.63. The maximum Gasteiger partial charge on any atom is 0.164 e. The molecule has 0 aliphatic rings. The van der Waals surface area contributed by atoms with Crippen LogP contribution in [0.1, 0.15) is 61.4 Å². The number of benzene rings is 1. The molecular weight excluding hydrogens is 246 g/mol. The van der Waals surface area contributed by atoms with Crippen LogP contribution in [0.5, 0.6) is 0 Å². The number of nitrogens with zero attached hydrogens (tertiary/aromatic N) is 1. The van der Waals surface area contributed by atoms with E-state index in [1.54, 1.807) is 0 Å². The van der Waals surface area contributed by atoms with Gasteiger partial charge in [-0.3, -0.25) is 4.79 Å². The Bertz CT molecular complexity index is 381. The second kappa shape index (κ2) is 9.71. The Morgan fingerprint density at radius 1 is 1.00 bits per heavy atom. The van der Waals surface area contributed by atoms with Gasteiger partial charge >= 0.3 is 0 Å². The number of carbonyl (C=O) groups excluding carboxylic acids is 1. The first-order valence-electron chi connectivity index (χ1n) is 7.90. The zero-order valence-corrected chi connectivity index (χ0v) is 13.3. The van der Waals surface area contributed by atoms with E-state index in [0.29, 0.717) is 6.42 Å². The molecule has 0 heterocycles. The summed E-state index contributed by atoms with van der Waals surface area (Å²) >= 11 is 0. The quantitative estimate of drug-likeness (QED) is 0.468. The van der Waals surface area contributed by atoms with Crippen LogP contribution in [0.2, 0.25) is 0 Å². The van der Waals surface area contributed by atoms with Crippen LogP contribution in [0.25, 0.3) is 0 Å². The van der Waals surface area contributed by atoms with Gasteiger partial charge in [0.15, 0.2) is 5.78 Å². The molecule has 1 rings (SSSR count). The number of rotatable bonds is 10. The van der Waals surface area contributed by atoms with Gasteiger partial charge in [-0.05, 0) is 32.5 Å². The van der Waals surface area contributed by atoms with Crippen molar-refractivity contribution < 1.29 is 4.79 Å². The van der Waals surface area contributed by atoms with Gasteiger partial charge in [-0.25, -0.2) is 0 Å². The lowest BCUT2D eigenvalue weighted by molar-refractivity contribution is 0.0972. The van der Waals surface area contributed by atoms with E-state index in [4.69, 9.17) is 0 Å². The number of unbranched alkanes of at least 4 members (excludes halogenated alkanes) is 4. The lowest BCUT2D eigenvalue weighted by Gasteiger charge is -2.08. The highest BCUT2D eigenvalue weighted by atomic mass is 16.1. The number of hydrogen-bond donors (Lipinski definition) is 0. The second-order valence-electron chi connectivity index (χ2n) is 5.84. The summed E-state index contributed by atoms with van der Waals surface area (Å²) in [7, 11) is 3.99. The molecule has 1 aromatic carbocycles. The van der Waals surface area contributed by atoms with Gasteiger partial charge in [0.1, 0.15) is 0 Å². The molecule has 0 aliphatic carbocycles. The lowest BCUT2D eigenvalue weighted by atomic mass is 10.0. The van der Waals surface area contributed by atoms with Crippen molar-refractivity contribution in [3.8, 4) is 0 Å². The summed E-state index contributed by atoms with van der Waals surface area (Å²) in [5, 5.41) is 0. The molecule has 112 valence electrons. The summed E-state index contributed by atoms with van der Waals surface area (Å²) in [6, 6.07) is 8.20. The molecule has 20 heavy (non-hydrogen) atoms. The smallest absolute Gasteiger partial charge is 0.164 e. The van der Waals surface area contributed by atoms with Crippen LogP contribution in [-0.2, 0) is 6.42 Å². The van der Waals surface area contributed by atoms with E-state index in [-0.39, 0.29) is 5.78 Å². The van der Waals surface area contributed by atoms with Crippen LogP contribution >= 0.6 is 0 Å². The van der Waals surface area contributed by atoms with Crippen LogP contribution in [0, 0.1) is 0 Å². The van der Waals surface area contributed by atoms with E-state index in [9.17, 15) is 4.79 Å². The zero-order valence-electron chi connectivity index (χ0n) is 13.3. The molecule has 1 aromatic rings. The summed E-state index contributed by atoms with van der Waals surface area (Å²) in [6.07, 6.45) is 8.30. The van der Waals surface area contributed by atoms with E-state index >= 15 is 0 Å². The maximum absolute atomic E-state index is 12.0. The topological polar surface area (TPSA) is 20.3 Å². The highest BCUT2D eigenvalue weighted by Gasteiger charge is 2.06. The zero-order chi connectivity index (χ0) is 14.8. The van der Waals surface area contributed by atoms with E-state index in [2.05, 4.69) is 19.1 Å². The average Bonchev–Trinajstić information content (AvgIpc) is 2.45. The van der Waals surface area contributed by atoms with E-state index in [1.165, 1.54) is 37.7 Å². The summed E-state index contributed by atoms with van der Waals surface area (Å²) < 4.78 is 0. The van der Waals surface area contributed by atoms with E-state index in [1.807, 2.05) is 31.1 Å². The van der Waals surface area contributed by atoms with Crippen molar-refractivity contribution in [2.45, 2.75) is 51.9 Å². The molecule has 0 saturated heterocycles. The van der Waals surface area contributed by atoms with Crippen molar-refractivity contribution in [3.05, 3.63) is 35.4 Å². The van der Waals surface area contributed by atoms with Crippen LogP contribution in [0.4, 0.5) is 0 Å². The van der Waals surface area contributed by atoms with Crippen LogP contribution < -0.4 is 0 Å². The Labute approximate surface area is 124 Å². The molecule has 0 N–H and O–H groups in total. The second-order valence-corrected chi connectivity index (χ2v) is 5.84.